The normalized spacial score (nSPS) is 24.7. The van der Waals surface area contributed by atoms with Crippen LogP contribution in [0.3, 0.4) is 0 Å². The Balaban J connectivity index is 1.71. The van der Waals surface area contributed by atoms with Crippen LogP contribution in [0.2, 0.25) is 5.02 Å². The van der Waals surface area contributed by atoms with Crippen molar-refractivity contribution in [3.8, 4) is 0 Å². The molecule has 0 aliphatic carbocycles. The second-order valence-electron chi connectivity index (χ2n) is 5.74. The highest BCUT2D eigenvalue weighted by Gasteiger charge is 2.37. The van der Waals surface area contributed by atoms with E-state index in [9.17, 15) is 15.0 Å². The van der Waals surface area contributed by atoms with Crippen molar-refractivity contribution in [3.63, 3.8) is 0 Å². The van der Waals surface area contributed by atoms with Gasteiger partial charge in [-0.2, -0.15) is 5.10 Å². The number of hydrogen-bond acceptors (Lipinski definition) is 5. The van der Waals surface area contributed by atoms with Crippen LogP contribution in [0.5, 0.6) is 0 Å². The first-order valence-electron chi connectivity index (χ1n) is 7.68. The third kappa shape index (κ3) is 3.59. The zero-order valence-electron chi connectivity index (χ0n) is 12.8. The van der Waals surface area contributed by atoms with Crippen molar-refractivity contribution < 1.29 is 15.0 Å². The monoisotopic (exact) mass is 350 g/mol. The van der Waals surface area contributed by atoms with E-state index in [0.29, 0.717) is 11.6 Å². The summed E-state index contributed by atoms with van der Waals surface area (Å²) >= 11 is 5.93. The van der Waals surface area contributed by atoms with Crippen LogP contribution in [0.1, 0.15) is 11.6 Å². The summed E-state index contributed by atoms with van der Waals surface area (Å²) < 4.78 is 1.75. The van der Waals surface area contributed by atoms with Crippen molar-refractivity contribution in [1.29, 1.82) is 0 Å². The second-order valence-corrected chi connectivity index (χ2v) is 6.18. The lowest BCUT2D eigenvalue weighted by Crippen LogP contribution is -2.48. The zero-order valence-corrected chi connectivity index (χ0v) is 13.6. The Hall–Kier alpha value is -1.93. The Labute approximate surface area is 144 Å². The van der Waals surface area contributed by atoms with Gasteiger partial charge in [0.1, 0.15) is 12.1 Å². The molecule has 0 bridgehead atoms. The molecule has 0 saturated carbocycles. The molecular weight excluding hydrogens is 332 g/mol. The molecule has 1 unspecified atom stereocenters. The summed E-state index contributed by atoms with van der Waals surface area (Å²) in [7, 11) is 0. The molecule has 4 N–H and O–H groups in total. The van der Waals surface area contributed by atoms with E-state index in [-0.39, 0.29) is 18.5 Å². The molecule has 0 radical (unpaired) electrons. The van der Waals surface area contributed by atoms with Gasteiger partial charge in [0, 0.05) is 30.5 Å². The minimum Gasteiger partial charge on any atom is -0.389 e. The summed E-state index contributed by atoms with van der Waals surface area (Å²) in [6.07, 6.45) is 1.45. The van der Waals surface area contributed by atoms with Gasteiger partial charge >= 0.3 is 0 Å². The SMILES string of the molecule is O=C(NCC(c1ccc(Cl)cc1)n1cccn1)[C@@H]1NC[C@@H](O)[C@H]1O. The number of amides is 1. The maximum absolute atomic E-state index is 12.3. The average Bonchev–Trinajstić information content (AvgIpc) is 3.21. The minimum atomic E-state index is -1.11. The summed E-state index contributed by atoms with van der Waals surface area (Å²) in [6.45, 7) is 0.488. The number of carbonyl (C=O) groups is 1. The number of carbonyl (C=O) groups excluding carboxylic acids is 1. The van der Waals surface area contributed by atoms with E-state index < -0.39 is 18.2 Å². The fourth-order valence-corrected chi connectivity index (χ4v) is 2.91. The third-order valence-corrected chi connectivity index (χ3v) is 4.39. The van der Waals surface area contributed by atoms with Crippen molar-refractivity contribution in [1.82, 2.24) is 20.4 Å². The Kier molecular flexibility index (Phi) is 5.15. The van der Waals surface area contributed by atoms with Crippen molar-refractivity contribution in [2.75, 3.05) is 13.1 Å². The molecule has 24 heavy (non-hydrogen) atoms. The van der Waals surface area contributed by atoms with Crippen LogP contribution in [-0.4, -0.2) is 57.2 Å². The van der Waals surface area contributed by atoms with E-state index in [1.807, 2.05) is 24.4 Å². The molecule has 4 atom stereocenters. The first kappa shape index (κ1) is 16.9. The number of β-amino-alcohol motifs (C(OH)–C–C–N with tert-alkyl or cyclic N) is 1. The average molecular weight is 351 g/mol. The Morgan fingerprint density at radius 3 is 2.75 bits per heavy atom. The summed E-state index contributed by atoms with van der Waals surface area (Å²) in [5.41, 5.74) is 0.948. The van der Waals surface area contributed by atoms with Gasteiger partial charge in [0.2, 0.25) is 5.91 Å². The molecule has 1 aliphatic heterocycles. The number of aliphatic hydroxyl groups is 2. The van der Waals surface area contributed by atoms with Crippen molar-refractivity contribution in [3.05, 3.63) is 53.3 Å². The number of aromatic nitrogens is 2. The molecule has 1 aromatic heterocycles. The first-order valence-corrected chi connectivity index (χ1v) is 8.06. The van der Waals surface area contributed by atoms with Crippen LogP contribution in [0, 0.1) is 0 Å². The molecule has 1 aromatic carbocycles. The lowest BCUT2D eigenvalue weighted by molar-refractivity contribution is -0.125. The molecule has 128 valence electrons. The number of rotatable bonds is 5. The molecule has 2 heterocycles. The molecule has 2 aromatic rings. The highest BCUT2D eigenvalue weighted by Crippen LogP contribution is 2.19. The molecule has 8 heteroatoms. The van der Waals surface area contributed by atoms with Gasteiger partial charge in [-0.15, -0.1) is 0 Å². The number of benzene rings is 1. The van der Waals surface area contributed by atoms with Gasteiger partial charge in [0.25, 0.3) is 0 Å². The van der Waals surface area contributed by atoms with Crippen LogP contribution in [0.15, 0.2) is 42.7 Å². The smallest absolute Gasteiger partial charge is 0.240 e. The highest BCUT2D eigenvalue weighted by atomic mass is 35.5. The van der Waals surface area contributed by atoms with Crippen molar-refractivity contribution >= 4 is 17.5 Å². The quantitative estimate of drug-likeness (QED) is 0.605. The molecular formula is C16H19ClN4O3. The number of nitrogens with one attached hydrogen (secondary N) is 2. The zero-order chi connectivity index (χ0) is 17.1. The topological polar surface area (TPSA) is 99.4 Å². The van der Waals surface area contributed by atoms with Crippen molar-refractivity contribution in [2.24, 2.45) is 0 Å². The maximum atomic E-state index is 12.3. The molecule has 1 amide bonds. The Morgan fingerprint density at radius 2 is 2.17 bits per heavy atom. The predicted molar refractivity (Wildman–Crippen MR) is 88.6 cm³/mol. The lowest BCUT2D eigenvalue weighted by Gasteiger charge is -2.21. The van der Waals surface area contributed by atoms with Gasteiger partial charge in [-0.25, -0.2) is 0 Å². The molecule has 3 rings (SSSR count). The van der Waals surface area contributed by atoms with Gasteiger partial charge in [-0.3, -0.25) is 9.48 Å². The van der Waals surface area contributed by atoms with E-state index in [4.69, 9.17) is 11.6 Å². The van der Waals surface area contributed by atoms with E-state index in [0.717, 1.165) is 5.56 Å². The minimum absolute atomic E-state index is 0.193. The fourth-order valence-electron chi connectivity index (χ4n) is 2.78. The third-order valence-electron chi connectivity index (χ3n) is 4.13. The van der Waals surface area contributed by atoms with E-state index in [2.05, 4.69) is 15.7 Å². The van der Waals surface area contributed by atoms with E-state index >= 15 is 0 Å². The summed E-state index contributed by atoms with van der Waals surface area (Å²) in [6, 6.07) is 8.12. The van der Waals surface area contributed by atoms with Crippen LogP contribution in [0.4, 0.5) is 0 Å². The largest absolute Gasteiger partial charge is 0.389 e. The van der Waals surface area contributed by atoms with Crippen LogP contribution >= 0.6 is 11.6 Å². The highest BCUT2D eigenvalue weighted by molar-refractivity contribution is 6.30. The Bertz CT molecular complexity index is 677. The number of nitrogens with zero attached hydrogens (tertiary/aromatic N) is 2. The van der Waals surface area contributed by atoms with Gasteiger partial charge < -0.3 is 20.8 Å². The molecule has 1 aliphatic rings. The van der Waals surface area contributed by atoms with E-state index in [1.54, 1.807) is 23.0 Å². The number of aliphatic hydroxyl groups excluding tert-OH is 2. The molecule has 1 fully saturated rings. The fraction of sp³-hybridized carbons (Fsp3) is 0.375. The molecule has 0 spiro atoms. The second kappa shape index (κ2) is 7.31. The van der Waals surface area contributed by atoms with Gasteiger partial charge in [-0.05, 0) is 23.8 Å². The molecule has 7 nitrogen and oxygen atoms in total. The van der Waals surface area contributed by atoms with Gasteiger partial charge in [-0.1, -0.05) is 23.7 Å². The van der Waals surface area contributed by atoms with Crippen LogP contribution in [-0.2, 0) is 4.79 Å². The predicted octanol–water partition coefficient (Wildman–Crippen LogP) is -0.0643. The summed E-state index contributed by atoms with van der Waals surface area (Å²) in [4.78, 5) is 12.3. The maximum Gasteiger partial charge on any atom is 0.240 e. The Morgan fingerprint density at radius 1 is 1.42 bits per heavy atom. The first-order chi connectivity index (χ1) is 11.6. The van der Waals surface area contributed by atoms with Gasteiger partial charge in [0.15, 0.2) is 0 Å². The number of halogens is 1. The summed E-state index contributed by atoms with van der Waals surface area (Å²) in [5.74, 6) is -0.356. The standard InChI is InChI=1S/C16H19ClN4O3/c17-11-4-2-10(3-5-11)12(21-7-1-6-20-21)8-19-16(24)14-15(23)13(22)9-18-14/h1-7,12-15,18,22-23H,8-9H2,(H,19,24)/t12?,13-,14-,15-/m1/s1. The van der Waals surface area contributed by atoms with Crippen molar-refractivity contribution in [2.45, 2.75) is 24.3 Å². The lowest BCUT2D eigenvalue weighted by atomic mass is 10.1. The number of hydrogen-bond donors (Lipinski definition) is 4. The molecule has 1 saturated heterocycles. The van der Waals surface area contributed by atoms with Crippen LogP contribution in [0.25, 0.3) is 0 Å². The van der Waals surface area contributed by atoms with Gasteiger partial charge in [0.05, 0.1) is 12.1 Å². The van der Waals surface area contributed by atoms with E-state index in [1.165, 1.54) is 0 Å². The summed E-state index contributed by atoms with van der Waals surface area (Å²) in [5, 5.41) is 29.8. The van der Waals surface area contributed by atoms with Crippen LogP contribution < -0.4 is 10.6 Å².